The first kappa shape index (κ1) is 13.6. The molecule has 19 heavy (non-hydrogen) atoms. The molecule has 1 saturated heterocycles. The number of pyridine rings is 1. The highest BCUT2D eigenvalue weighted by Crippen LogP contribution is 2.29. The first-order valence-corrected chi connectivity index (χ1v) is 6.50. The number of aliphatic carboxylic acids is 1. The fourth-order valence-electron chi connectivity index (χ4n) is 2.40. The molecule has 0 saturated carbocycles. The van der Waals surface area contributed by atoms with Gasteiger partial charge in [-0.05, 0) is 18.8 Å². The summed E-state index contributed by atoms with van der Waals surface area (Å²) in [5.41, 5.74) is 1.18. The van der Waals surface area contributed by atoms with Crippen molar-refractivity contribution in [1.82, 2.24) is 4.98 Å². The molecule has 0 spiro atoms. The molecule has 1 aromatic heterocycles. The van der Waals surface area contributed by atoms with E-state index in [4.69, 9.17) is 22.0 Å². The van der Waals surface area contributed by atoms with Crippen LogP contribution in [0.25, 0.3) is 0 Å². The Labute approximate surface area is 116 Å². The zero-order valence-corrected chi connectivity index (χ0v) is 11.1. The zero-order chi connectivity index (χ0) is 13.8. The number of anilines is 1. The molecule has 0 bridgehead atoms. The van der Waals surface area contributed by atoms with Gasteiger partial charge in [0.1, 0.15) is 6.07 Å². The third-order valence-electron chi connectivity index (χ3n) is 3.41. The molecule has 1 N–H and O–H groups in total. The topological polar surface area (TPSA) is 77.2 Å². The van der Waals surface area contributed by atoms with Crippen LogP contribution in [0.5, 0.6) is 0 Å². The molecule has 0 aliphatic carbocycles. The van der Waals surface area contributed by atoms with E-state index in [-0.39, 0.29) is 12.3 Å². The maximum absolute atomic E-state index is 10.7. The Hall–Kier alpha value is -1.80. The number of aromatic nitrogens is 1. The van der Waals surface area contributed by atoms with Crippen molar-refractivity contribution in [3.63, 3.8) is 0 Å². The summed E-state index contributed by atoms with van der Waals surface area (Å²) in [5, 5.41) is 18.3. The van der Waals surface area contributed by atoms with Gasteiger partial charge in [0.2, 0.25) is 0 Å². The number of carboxylic acids is 1. The molecule has 6 heteroatoms. The smallest absolute Gasteiger partial charge is 0.303 e. The van der Waals surface area contributed by atoms with Gasteiger partial charge in [0.05, 0.1) is 22.5 Å². The molecule has 0 aromatic carbocycles. The number of halogens is 1. The lowest BCUT2D eigenvalue weighted by Gasteiger charge is -2.33. The summed E-state index contributed by atoms with van der Waals surface area (Å²) < 4.78 is 0. The van der Waals surface area contributed by atoms with E-state index < -0.39 is 5.97 Å². The average molecular weight is 280 g/mol. The third-order valence-corrected chi connectivity index (χ3v) is 3.70. The minimum atomic E-state index is -0.749. The van der Waals surface area contributed by atoms with Crippen LogP contribution in [-0.2, 0) is 4.79 Å². The van der Waals surface area contributed by atoms with Crippen molar-refractivity contribution in [1.29, 1.82) is 5.26 Å². The van der Waals surface area contributed by atoms with E-state index >= 15 is 0 Å². The van der Waals surface area contributed by atoms with Gasteiger partial charge in [0, 0.05) is 25.7 Å². The van der Waals surface area contributed by atoms with Crippen LogP contribution < -0.4 is 4.90 Å². The number of nitriles is 1. The molecule has 100 valence electrons. The fourth-order valence-corrected chi connectivity index (χ4v) is 2.60. The molecular formula is C13H14ClN3O2. The Morgan fingerprint density at radius 3 is 2.79 bits per heavy atom. The molecule has 0 unspecified atom stereocenters. The first-order valence-electron chi connectivity index (χ1n) is 6.12. The largest absolute Gasteiger partial charge is 0.481 e. The predicted molar refractivity (Wildman–Crippen MR) is 71.2 cm³/mol. The fraction of sp³-hybridized carbons (Fsp3) is 0.462. The van der Waals surface area contributed by atoms with Gasteiger partial charge in [-0.2, -0.15) is 5.26 Å². The first-order chi connectivity index (χ1) is 9.11. The van der Waals surface area contributed by atoms with Crippen molar-refractivity contribution in [3.05, 3.63) is 23.0 Å². The van der Waals surface area contributed by atoms with Gasteiger partial charge in [-0.15, -0.1) is 0 Å². The Morgan fingerprint density at radius 1 is 1.53 bits per heavy atom. The van der Waals surface area contributed by atoms with Crippen LogP contribution in [0.4, 0.5) is 5.69 Å². The Kier molecular flexibility index (Phi) is 4.23. The van der Waals surface area contributed by atoms with Crippen LogP contribution in [0.1, 0.15) is 24.8 Å². The second kappa shape index (κ2) is 5.89. The summed E-state index contributed by atoms with van der Waals surface area (Å²) in [6.45, 7) is 1.46. The number of carboxylic acid groups (broad SMARTS) is 1. The second-order valence-corrected chi connectivity index (χ2v) is 5.06. The van der Waals surface area contributed by atoms with E-state index in [1.807, 2.05) is 0 Å². The monoisotopic (exact) mass is 279 g/mol. The zero-order valence-electron chi connectivity index (χ0n) is 10.3. The minimum absolute atomic E-state index is 0.214. The highest BCUT2D eigenvalue weighted by molar-refractivity contribution is 6.32. The van der Waals surface area contributed by atoms with Crippen LogP contribution in [0, 0.1) is 17.2 Å². The summed E-state index contributed by atoms with van der Waals surface area (Å²) in [5.74, 6) is -0.535. The molecule has 1 aliphatic heterocycles. The lowest BCUT2D eigenvalue weighted by atomic mass is 9.93. The van der Waals surface area contributed by atoms with Gasteiger partial charge in [-0.25, -0.2) is 0 Å². The highest BCUT2D eigenvalue weighted by Gasteiger charge is 2.23. The summed E-state index contributed by atoms with van der Waals surface area (Å²) in [4.78, 5) is 16.7. The van der Waals surface area contributed by atoms with E-state index in [0.717, 1.165) is 31.6 Å². The van der Waals surface area contributed by atoms with Crippen molar-refractivity contribution < 1.29 is 9.90 Å². The van der Waals surface area contributed by atoms with E-state index in [1.165, 1.54) is 6.20 Å². The van der Waals surface area contributed by atoms with E-state index in [2.05, 4.69) is 16.0 Å². The summed E-state index contributed by atoms with van der Waals surface area (Å²) in [6, 6.07) is 2.10. The van der Waals surface area contributed by atoms with Crippen LogP contribution in [0.2, 0.25) is 5.02 Å². The van der Waals surface area contributed by atoms with Crippen molar-refractivity contribution >= 4 is 23.3 Å². The van der Waals surface area contributed by atoms with Crippen LogP contribution in [0.15, 0.2) is 12.4 Å². The number of hydrogen-bond donors (Lipinski definition) is 1. The normalized spacial score (nSPS) is 16.1. The number of nitrogens with zero attached hydrogens (tertiary/aromatic N) is 3. The third kappa shape index (κ3) is 3.15. The Morgan fingerprint density at radius 2 is 2.21 bits per heavy atom. The lowest BCUT2D eigenvalue weighted by Crippen LogP contribution is -2.34. The van der Waals surface area contributed by atoms with Gasteiger partial charge in [0.25, 0.3) is 0 Å². The van der Waals surface area contributed by atoms with Gasteiger partial charge in [-0.1, -0.05) is 11.6 Å². The molecule has 1 aliphatic rings. The number of hydrogen-bond acceptors (Lipinski definition) is 4. The Balaban J connectivity index is 2.08. The quantitative estimate of drug-likeness (QED) is 0.918. The summed E-state index contributed by atoms with van der Waals surface area (Å²) in [6.07, 6.45) is 4.93. The molecule has 0 radical (unpaired) electrons. The van der Waals surface area contributed by atoms with Gasteiger partial charge >= 0.3 is 5.97 Å². The molecule has 0 amide bonds. The van der Waals surface area contributed by atoms with Gasteiger partial charge in [0.15, 0.2) is 0 Å². The second-order valence-electron chi connectivity index (χ2n) is 4.66. The Bertz CT molecular complexity index is 519. The van der Waals surface area contributed by atoms with Crippen molar-refractivity contribution in [2.24, 2.45) is 5.92 Å². The maximum atomic E-state index is 10.7. The van der Waals surface area contributed by atoms with Crippen molar-refractivity contribution in [2.75, 3.05) is 18.0 Å². The van der Waals surface area contributed by atoms with E-state index in [1.54, 1.807) is 6.20 Å². The standard InChI is InChI=1S/C13H14ClN3O2/c14-11-7-16-8-12(10(11)6-15)17-3-1-9(2-4-17)5-13(18)19/h7-9H,1-5H2,(H,18,19). The van der Waals surface area contributed by atoms with E-state index in [0.29, 0.717) is 10.6 Å². The molecular weight excluding hydrogens is 266 g/mol. The van der Waals surface area contributed by atoms with Crippen LogP contribution in [-0.4, -0.2) is 29.1 Å². The summed E-state index contributed by atoms with van der Waals surface area (Å²) >= 11 is 5.96. The highest BCUT2D eigenvalue weighted by atomic mass is 35.5. The number of rotatable bonds is 3. The molecule has 5 nitrogen and oxygen atoms in total. The van der Waals surface area contributed by atoms with Crippen LogP contribution in [0.3, 0.4) is 0 Å². The molecule has 1 aromatic rings. The predicted octanol–water partition coefficient (Wildman–Crippen LogP) is 2.30. The molecule has 1 fully saturated rings. The molecule has 2 heterocycles. The molecule has 0 atom stereocenters. The van der Waals surface area contributed by atoms with Gasteiger partial charge in [-0.3, -0.25) is 9.78 Å². The van der Waals surface area contributed by atoms with Crippen LogP contribution >= 0.6 is 11.6 Å². The average Bonchev–Trinajstić information content (AvgIpc) is 2.38. The van der Waals surface area contributed by atoms with Crippen molar-refractivity contribution in [3.8, 4) is 6.07 Å². The minimum Gasteiger partial charge on any atom is -0.481 e. The number of carbonyl (C=O) groups is 1. The molecule has 2 rings (SSSR count). The SMILES string of the molecule is N#Cc1c(Cl)cncc1N1CCC(CC(=O)O)CC1. The van der Waals surface area contributed by atoms with Gasteiger partial charge < -0.3 is 10.0 Å². The maximum Gasteiger partial charge on any atom is 0.303 e. The van der Waals surface area contributed by atoms with E-state index in [9.17, 15) is 4.79 Å². The summed E-state index contributed by atoms with van der Waals surface area (Å²) in [7, 11) is 0. The van der Waals surface area contributed by atoms with Crippen molar-refractivity contribution in [2.45, 2.75) is 19.3 Å². The number of piperidine rings is 1. The lowest BCUT2D eigenvalue weighted by molar-refractivity contribution is -0.138.